The Balaban J connectivity index is 1.44. The molecule has 3 aromatic rings. The predicted octanol–water partition coefficient (Wildman–Crippen LogP) is 2.70. The number of hydrogen-bond acceptors (Lipinski definition) is 7. The van der Waals surface area contributed by atoms with Gasteiger partial charge in [-0.25, -0.2) is 5.10 Å². The summed E-state index contributed by atoms with van der Waals surface area (Å²) in [7, 11) is 3.16. The van der Waals surface area contributed by atoms with Crippen LogP contribution >= 0.6 is 0 Å². The van der Waals surface area contributed by atoms with Gasteiger partial charge in [0.2, 0.25) is 5.91 Å². The highest BCUT2D eigenvalue weighted by Crippen LogP contribution is 2.33. The van der Waals surface area contributed by atoms with Crippen molar-refractivity contribution in [2.45, 2.75) is 32.1 Å². The molecule has 0 saturated carbocycles. The molecule has 2 aromatic heterocycles. The third-order valence-corrected chi connectivity index (χ3v) is 5.77. The summed E-state index contributed by atoms with van der Waals surface area (Å²) in [4.78, 5) is 26.6. The lowest BCUT2D eigenvalue weighted by atomic mass is 9.90. The van der Waals surface area contributed by atoms with E-state index in [1.165, 1.54) is 6.07 Å². The molecule has 1 N–H and O–H groups in total. The molecule has 0 bridgehead atoms. The number of carbonyl (C=O) groups excluding carboxylic acids is 1. The molecule has 0 radical (unpaired) electrons. The zero-order chi connectivity index (χ0) is 22.7. The average Bonchev–Trinajstić information content (AvgIpc) is 3.25. The van der Waals surface area contributed by atoms with Crippen molar-refractivity contribution >= 4 is 5.91 Å². The van der Waals surface area contributed by atoms with E-state index >= 15 is 0 Å². The van der Waals surface area contributed by atoms with Crippen LogP contribution in [-0.2, 0) is 11.2 Å². The fraction of sp³-hybridized carbons (Fsp3) is 0.391. The van der Waals surface area contributed by atoms with E-state index in [9.17, 15) is 9.59 Å². The Morgan fingerprint density at radius 2 is 1.91 bits per heavy atom. The lowest BCUT2D eigenvalue weighted by Gasteiger charge is -2.32. The van der Waals surface area contributed by atoms with E-state index in [-0.39, 0.29) is 17.4 Å². The zero-order valence-electron chi connectivity index (χ0n) is 18.4. The lowest BCUT2D eigenvalue weighted by molar-refractivity contribution is -0.131. The van der Waals surface area contributed by atoms with Gasteiger partial charge in [-0.05, 0) is 37.5 Å². The summed E-state index contributed by atoms with van der Waals surface area (Å²) in [6.45, 7) is 3.06. The minimum atomic E-state index is -0.291. The second kappa shape index (κ2) is 9.25. The number of nitrogens with zero attached hydrogens (tertiary/aromatic N) is 3. The number of benzene rings is 1. The molecule has 1 fully saturated rings. The first-order valence-electron chi connectivity index (χ1n) is 10.5. The number of carbonyl (C=O) groups is 1. The SMILES string of the molecule is COc1ccc(CC(=O)N2CCC(c3n[nH]c(=O)cc3-c3cc(C)no3)CC2)cc1OC. The van der Waals surface area contributed by atoms with Crippen molar-refractivity contribution in [3.63, 3.8) is 0 Å². The van der Waals surface area contributed by atoms with Gasteiger partial charge in [0.25, 0.3) is 5.56 Å². The van der Waals surface area contributed by atoms with Gasteiger partial charge in [0, 0.05) is 36.7 Å². The number of aromatic amines is 1. The minimum absolute atomic E-state index is 0.0659. The molecule has 4 rings (SSSR count). The van der Waals surface area contributed by atoms with Crippen molar-refractivity contribution in [3.05, 3.63) is 57.6 Å². The van der Waals surface area contributed by atoms with Crippen LogP contribution in [0.25, 0.3) is 11.3 Å². The van der Waals surface area contributed by atoms with Crippen molar-refractivity contribution in [2.75, 3.05) is 27.3 Å². The highest BCUT2D eigenvalue weighted by Gasteiger charge is 2.28. The fourth-order valence-electron chi connectivity index (χ4n) is 4.09. The van der Waals surface area contributed by atoms with Gasteiger partial charge in [0.15, 0.2) is 17.3 Å². The first kappa shape index (κ1) is 21.6. The monoisotopic (exact) mass is 438 g/mol. The molecule has 1 aromatic carbocycles. The number of ether oxygens (including phenoxy) is 2. The fourth-order valence-corrected chi connectivity index (χ4v) is 4.09. The summed E-state index contributed by atoms with van der Waals surface area (Å²) in [5, 5.41) is 10.8. The summed E-state index contributed by atoms with van der Waals surface area (Å²) in [6, 6.07) is 8.81. The number of piperidine rings is 1. The molecule has 0 atom stereocenters. The summed E-state index contributed by atoms with van der Waals surface area (Å²) in [5.41, 5.74) is 2.75. The van der Waals surface area contributed by atoms with Crippen molar-refractivity contribution in [3.8, 4) is 22.8 Å². The molecular formula is C23H26N4O5. The normalized spacial score (nSPS) is 14.4. The largest absolute Gasteiger partial charge is 0.493 e. The molecule has 3 heterocycles. The number of nitrogens with one attached hydrogen (secondary N) is 1. The summed E-state index contributed by atoms with van der Waals surface area (Å²) < 4.78 is 16.0. The molecule has 1 aliphatic rings. The topological polar surface area (TPSA) is 111 Å². The molecule has 1 amide bonds. The van der Waals surface area contributed by atoms with Crippen molar-refractivity contribution in [1.82, 2.24) is 20.3 Å². The molecule has 0 spiro atoms. The lowest BCUT2D eigenvalue weighted by Crippen LogP contribution is -2.39. The highest BCUT2D eigenvalue weighted by molar-refractivity contribution is 5.79. The Kier molecular flexibility index (Phi) is 6.25. The smallest absolute Gasteiger partial charge is 0.264 e. The Morgan fingerprint density at radius 3 is 2.56 bits per heavy atom. The Hall–Kier alpha value is -3.62. The molecule has 1 saturated heterocycles. The van der Waals surface area contributed by atoms with E-state index in [1.54, 1.807) is 20.3 Å². The van der Waals surface area contributed by atoms with Crippen LogP contribution in [0.1, 0.15) is 35.7 Å². The van der Waals surface area contributed by atoms with Gasteiger partial charge in [-0.2, -0.15) is 5.10 Å². The van der Waals surface area contributed by atoms with Crippen LogP contribution in [0.3, 0.4) is 0 Å². The number of rotatable bonds is 6. The quantitative estimate of drug-likeness (QED) is 0.630. The van der Waals surface area contributed by atoms with Gasteiger partial charge in [-0.3, -0.25) is 9.59 Å². The van der Waals surface area contributed by atoms with E-state index in [1.807, 2.05) is 30.0 Å². The van der Waals surface area contributed by atoms with Gasteiger partial charge >= 0.3 is 0 Å². The van der Waals surface area contributed by atoms with Crippen molar-refractivity contribution in [1.29, 1.82) is 0 Å². The summed E-state index contributed by atoms with van der Waals surface area (Å²) >= 11 is 0. The standard InChI is InChI=1S/C23H26N4O5/c1-14-10-19(32-26-14)17-13-21(28)24-25-23(17)16-6-8-27(9-7-16)22(29)12-15-4-5-18(30-2)20(11-15)31-3/h4-5,10-11,13,16H,6-9,12H2,1-3H3,(H,24,28). The van der Waals surface area contributed by atoms with Gasteiger partial charge in [0.1, 0.15) is 0 Å². The molecule has 9 nitrogen and oxygen atoms in total. The number of likely N-dealkylation sites (tertiary alicyclic amines) is 1. The minimum Gasteiger partial charge on any atom is -0.493 e. The number of amides is 1. The second-order valence-electron chi connectivity index (χ2n) is 7.88. The van der Waals surface area contributed by atoms with Gasteiger partial charge in [-0.1, -0.05) is 11.2 Å². The van der Waals surface area contributed by atoms with Crippen LogP contribution in [0.5, 0.6) is 11.5 Å². The maximum absolute atomic E-state index is 12.9. The van der Waals surface area contributed by atoms with Crippen LogP contribution in [0.2, 0.25) is 0 Å². The Bertz CT molecular complexity index is 1160. The number of methoxy groups -OCH3 is 2. The van der Waals surface area contributed by atoms with E-state index in [0.29, 0.717) is 42.3 Å². The van der Waals surface area contributed by atoms with Crippen LogP contribution in [-0.4, -0.2) is 53.5 Å². The summed E-state index contributed by atoms with van der Waals surface area (Å²) in [5.74, 6) is 1.95. The molecule has 9 heteroatoms. The van der Waals surface area contributed by atoms with Crippen LogP contribution in [0, 0.1) is 6.92 Å². The highest BCUT2D eigenvalue weighted by atomic mass is 16.5. The molecule has 1 aliphatic heterocycles. The van der Waals surface area contributed by atoms with Crippen LogP contribution in [0.4, 0.5) is 0 Å². The maximum atomic E-state index is 12.9. The maximum Gasteiger partial charge on any atom is 0.264 e. The third-order valence-electron chi connectivity index (χ3n) is 5.77. The third kappa shape index (κ3) is 4.51. The Labute approximate surface area is 185 Å². The van der Waals surface area contributed by atoms with Crippen molar-refractivity contribution in [2.24, 2.45) is 0 Å². The molecule has 168 valence electrons. The van der Waals surface area contributed by atoms with Gasteiger partial charge < -0.3 is 18.9 Å². The Morgan fingerprint density at radius 1 is 1.16 bits per heavy atom. The average molecular weight is 438 g/mol. The first-order valence-corrected chi connectivity index (χ1v) is 10.5. The second-order valence-corrected chi connectivity index (χ2v) is 7.88. The van der Waals surface area contributed by atoms with Gasteiger partial charge in [0.05, 0.1) is 32.0 Å². The molecule has 0 unspecified atom stereocenters. The van der Waals surface area contributed by atoms with E-state index in [2.05, 4.69) is 15.4 Å². The van der Waals surface area contributed by atoms with Crippen molar-refractivity contribution < 1.29 is 18.8 Å². The summed E-state index contributed by atoms with van der Waals surface area (Å²) in [6.07, 6.45) is 1.79. The van der Waals surface area contributed by atoms with E-state index in [4.69, 9.17) is 14.0 Å². The predicted molar refractivity (Wildman–Crippen MR) is 117 cm³/mol. The number of aryl methyl sites for hydroxylation is 1. The molecule has 32 heavy (non-hydrogen) atoms. The number of aromatic nitrogens is 3. The number of hydrogen-bond donors (Lipinski definition) is 1. The van der Waals surface area contributed by atoms with Gasteiger partial charge in [-0.15, -0.1) is 0 Å². The first-order chi connectivity index (χ1) is 15.5. The van der Waals surface area contributed by atoms with E-state index < -0.39 is 0 Å². The zero-order valence-corrected chi connectivity index (χ0v) is 18.4. The molecular weight excluding hydrogens is 412 g/mol. The van der Waals surface area contributed by atoms with E-state index in [0.717, 1.165) is 29.8 Å². The molecule has 0 aliphatic carbocycles. The van der Waals surface area contributed by atoms with Crippen LogP contribution < -0.4 is 15.0 Å². The van der Waals surface area contributed by atoms with Crippen LogP contribution in [0.15, 0.2) is 39.6 Å². The number of H-pyrrole nitrogens is 1.